The first-order chi connectivity index (χ1) is 15.2. The lowest BCUT2D eigenvalue weighted by molar-refractivity contribution is -0.134. The van der Waals surface area contributed by atoms with Gasteiger partial charge in [0, 0.05) is 53.8 Å². The van der Waals surface area contributed by atoms with Crippen LogP contribution in [-0.4, -0.2) is 30.8 Å². The van der Waals surface area contributed by atoms with Crippen LogP contribution in [0.25, 0.3) is 0 Å². The number of aryl methyl sites for hydroxylation is 1. The first-order valence-electron chi connectivity index (χ1n) is 10.3. The molecule has 6 nitrogen and oxygen atoms in total. The van der Waals surface area contributed by atoms with Gasteiger partial charge in [0.2, 0.25) is 17.7 Å². The Kier molecular flexibility index (Phi) is 6.15. The minimum Gasteiger partial charge on any atom is -0.371 e. The lowest BCUT2D eigenvalue weighted by atomic mass is 9.89. The summed E-state index contributed by atoms with van der Waals surface area (Å²) >= 11 is 5.99. The molecule has 0 saturated carbocycles. The van der Waals surface area contributed by atoms with Gasteiger partial charge < -0.3 is 10.2 Å². The number of amides is 3. The highest BCUT2D eigenvalue weighted by atomic mass is 35.5. The van der Waals surface area contributed by atoms with Gasteiger partial charge in [0.25, 0.3) is 0 Å². The van der Waals surface area contributed by atoms with Crippen molar-refractivity contribution in [3.8, 4) is 0 Å². The van der Waals surface area contributed by atoms with E-state index in [2.05, 4.69) is 10.6 Å². The van der Waals surface area contributed by atoms with E-state index in [-0.39, 0.29) is 36.7 Å². The summed E-state index contributed by atoms with van der Waals surface area (Å²) in [5, 5.41) is 5.58. The highest BCUT2D eigenvalue weighted by molar-refractivity contribution is 6.31. The van der Waals surface area contributed by atoms with Crippen molar-refractivity contribution in [2.24, 2.45) is 5.92 Å². The number of hydrogen-bond acceptors (Lipinski definition) is 4. The number of anilines is 2. The lowest BCUT2D eigenvalue weighted by Crippen LogP contribution is -2.48. The van der Waals surface area contributed by atoms with E-state index in [0.717, 1.165) is 5.56 Å². The van der Waals surface area contributed by atoms with Crippen LogP contribution >= 0.6 is 11.6 Å². The normalized spacial score (nSPS) is 18.9. The molecule has 2 heterocycles. The molecule has 3 amide bonds. The maximum Gasteiger partial charge on any atom is 0.234 e. The summed E-state index contributed by atoms with van der Waals surface area (Å²) in [6.07, 6.45) is 0.409. The van der Waals surface area contributed by atoms with Gasteiger partial charge in [0.05, 0.1) is 5.92 Å². The molecule has 0 spiro atoms. The number of nitrogens with zero attached hydrogens (tertiary/aromatic N) is 1. The van der Waals surface area contributed by atoms with Gasteiger partial charge in [-0.05, 0) is 49.2 Å². The zero-order valence-corrected chi connectivity index (χ0v) is 18.1. The predicted molar refractivity (Wildman–Crippen MR) is 117 cm³/mol. The summed E-state index contributed by atoms with van der Waals surface area (Å²) < 4.78 is 29.4. The molecule has 32 heavy (non-hydrogen) atoms. The van der Waals surface area contributed by atoms with Crippen LogP contribution in [0.2, 0.25) is 5.02 Å². The second-order valence-electron chi connectivity index (χ2n) is 8.31. The average Bonchev–Trinajstić information content (AvgIpc) is 2.68. The van der Waals surface area contributed by atoms with E-state index in [1.54, 1.807) is 23.1 Å². The molecule has 168 valence electrons. The molecule has 2 fully saturated rings. The molecule has 1 unspecified atom stereocenters. The Morgan fingerprint density at radius 2 is 1.88 bits per heavy atom. The van der Waals surface area contributed by atoms with Gasteiger partial charge in [0.15, 0.2) is 0 Å². The molecule has 4 rings (SSSR count). The summed E-state index contributed by atoms with van der Waals surface area (Å²) in [6, 6.07) is 7.65. The quantitative estimate of drug-likeness (QED) is 0.662. The van der Waals surface area contributed by atoms with Gasteiger partial charge in [-0.2, -0.15) is 0 Å². The average molecular weight is 462 g/mol. The second kappa shape index (κ2) is 8.86. The highest BCUT2D eigenvalue weighted by Gasteiger charge is 2.34. The first-order valence-corrected chi connectivity index (χ1v) is 10.7. The number of imide groups is 1. The number of carbonyl (C=O) groups is 3. The summed E-state index contributed by atoms with van der Waals surface area (Å²) in [4.78, 5) is 37.4. The third kappa shape index (κ3) is 4.60. The fraction of sp³-hybridized carbons (Fsp3) is 0.348. The van der Waals surface area contributed by atoms with Crippen molar-refractivity contribution in [2.75, 3.05) is 23.3 Å². The van der Waals surface area contributed by atoms with E-state index in [1.165, 1.54) is 12.1 Å². The van der Waals surface area contributed by atoms with Crippen molar-refractivity contribution < 1.29 is 23.2 Å². The summed E-state index contributed by atoms with van der Waals surface area (Å²) in [6.45, 7) is 2.83. The monoisotopic (exact) mass is 461 g/mol. The molecule has 0 bridgehead atoms. The van der Waals surface area contributed by atoms with E-state index in [0.29, 0.717) is 29.5 Å². The minimum absolute atomic E-state index is 0.0441. The highest BCUT2D eigenvalue weighted by Crippen LogP contribution is 2.34. The predicted octanol–water partition coefficient (Wildman–Crippen LogP) is 3.91. The number of nitrogens with one attached hydrogen (secondary N) is 2. The van der Waals surface area contributed by atoms with Gasteiger partial charge >= 0.3 is 0 Å². The first kappa shape index (κ1) is 22.2. The molecule has 1 atom stereocenters. The Morgan fingerprint density at radius 3 is 2.50 bits per heavy atom. The summed E-state index contributed by atoms with van der Waals surface area (Å²) in [5.41, 5.74) is 1.58. The molecule has 2 aliphatic heterocycles. The molecule has 0 radical (unpaired) electrons. The molecular weight excluding hydrogens is 440 g/mol. The molecule has 0 aromatic heterocycles. The van der Waals surface area contributed by atoms with E-state index in [4.69, 9.17) is 11.6 Å². The fourth-order valence-electron chi connectivity index (χ4n) is 4.16. The molecule has 2 aliphatic rings. The van der Waals surface area contributed by atoms with Crippen molar-refractivity contribution in [1.82, 2.24) is 5.32 Å². The van der Waals surface area contributed by atoms with Crippen LogP contribution in [-0.2, 0) is 14.4 Å². The molecular formula is C23H22ClF2N3O3. The van der Waals surface area contributed by atoms with Crippen LogP contribution in [0.15, 0.2) is 30.3 Å². The lowest BCUT2D eigenvalue weighted by Gasteiger charge is -2.41. The number of hydrogen-bond donors (Lipinski definition) is 2. The molecule has 2 aromatic rings. The smallest absolute Gasteiger partial charge is 0.234 e. The molecule has 2 aromatic carbocycles. The zero-order chi connectivity index (χ0) is 23.0. The standard InChI is InChI=1S/C23H22ClF2N3O3/c1-12-6-14(2-4-17(12)24)27-21(31)7-13-10-29(11-13)15-8-18(25)22(19(26)9-15)16-3-5-20(30)28-23(16)32/h2,4,6,8-9,13,16H,3,5,7,10-11H2,1H3,(H,27,31)(H,28,30,32). The number of benzene rings is 2. The third-order valence-electron chi connectivity index (χ3n) is 5.89. The Labute approximate surface area is 188 Å². The largest absolute Gasteiger partial charge is 0.371 e. The van der Waals surface area contributed by atoms with Crippen LogP contribution in [0, 0.1) is 24.5 Å². The zero-order valence-electron chi connectivity index (χ0n) is 17.4. The van der Waals surface area contributed by atoms with E-state index >= 15 is 0 Å². The van der Waals surface area contributed by atoms with Crippen molar-refractivity contribution in [1.29, 1.82) is 0 Å². The van der Waals surface area contributed by atoms with Crippen LogP contribution in [0.4, 0.5) is 20.2 Å². The van der Waals surface area contributed by atoms with E-state index < -0.39 is 29.4 Å². The van der Waals surface area contributed by atoms with Crippen molar-refractivity contribution in [3.63, 3.8) is 0 Å². The van der Waals surface area contributed by atoms with Gasteiger partial charge in [-0.3, -0.25) is 19.7 Å². The van der Waals surface area contributed by atoms with Crippen molar-refractivity contribution in [3.05, 3.63) is 58.1 Å². The van der Waals surface area contributed by atoms with E-state index in [1.807, 2.05) is 6.92 Å². The SMILES string of the molecule is Cc1cc(NC(=O)CC2CN(c3cc(F)c(C4CCC(=O)NC4=O)c(F)c3)C2)ccc1Cl. The molecule has 2 N–H and O–H groups in total. The fourth-order valence-corrected chi connectivity index (χ4v) is 4.28. The summed E-state index contributed by atoms with van der Waals surface area (Å²) in [5.74, 6) is -3.84. The number of halogens is 3. The van der Waals surface area contributed by atoms with Gasteiger partial charge in [0.1, 0.15) is 11.6 Å². The maximum absolute atomic E-state index is 14.7. The Bertz CT molecular complexity index is 1080. The van der Waals surface area contributed by atoms with Crippen LogP contribution in [0.3, 0.4) is 0 Å². The van der Waals surface area contributed by atoms with Crippen LogP contribution in [0.1, 0.15) is 36.3 Å². The minimum atomic E-state index is -1.02. The number of carbonyl (C=O) groups excluding carboxylic acids is 3. The summed E-state index contributed by atoms with van der Waals surface area (Å²) in [7, 11) is 0. The Hall–Kier alpha value is -3.00. The molecule has 2 saturated heterocycles. The van der Waals surface area contributed by atoms with Crippen molar-refractivity contribution >= 4 is 40.7 Å². The van der Waals surface area contributed by atoms with Crippen LogP contribution < -0.4 is 15.5 Å². The maximum atomic E-state index is 14.7. The number of rotatable bonds is 5. The van der Waals surface area contributed by atoms with Crippen LogP contribution in [0.5, 0.6) is 0 Å². The third-order valence-corrected chi connectivity index (χ3v) is 6.31. The van der Waals surface area contributed by atoms with Gasteiger partial charge in [-0.15, -0.1) is 0 Å². The van der Waals surface area contributed by atoms with Gasteiger partial charge in [-0.1, -0.05) is 11.6 Å². The molecule has 0 aliphatic carbocycles. The molecule has 9 heteroatoms. The number of piperidine rings is 1. The topological polar surface area (TPSA) is 78.5 Å². The Balaban J connectivity index is 1.35. The Morgan fingerprint density at radius 1 is 1.19 bits per heavy atom. The second-order valence-corrected chi connectivity index (χ2v) is 8.72. The van der Waals surface area contributed by atoms with E-state index in [9.17, 15) is 23.2 Å². The van der Waals surface area contributed by atoms with Gasteiger partial charge in [-0.25, -0.2) is 8.78 Å². The van der Waals surface area contributed by atoms with Crippen molar-refractivity contribution in [2.45, 2.75) is 32.1 Å².